The third-order valence-corrected chi connectivity index (χ3v) is 5.26. The number of carbonyl (C=O) groups excluding carboxylic acids is 1. The van der Waals surface area contributed by atoms with Crippen LogP contribution in [0.3, 0.4) is 0 Å². The number of para-hydroxylation sites is 1. The number of halogens is 1. The summed E-state index contributed by atoms with van der Waals surface area (Å²) in [6.45, 7) is 5.54. The van der Waals surface area contributed by atoms with Gasteiger partial charge in [-0.3, -0.25) is 10.1 Å². The Morgan fingerprint density at radius 1 is 1.03 bits per heavy atom. The van der Waals surface area contributed by atoms with E-state index in [2.05, 4.69) is 52.4 Å². The van der Waals surface area contributed by atoms with Crippen LogP contribution in [-0.2, 0) is 6.42 Å². The molecule has 2 aromatic heterocycles. The molecule has 1 amide bonds. The number of nitrogens with one attached hydrogen (secondary N) is 2. The molecule has 11 heteroatoms. The van der Waals surface area contributed by atoms with Gasteiger partial charge in [0.05, 0.1) is 11.2 Å². The lowest BCUT2D eigenvalue weighted by Crippen LogP contribution is -2.45. The smallest absolute Gasteiger partial charge is 0.276 e. The Balaban J connectivity index is 1.55. The second-order valence-electron chi connectivity index (χ2n) is 7.35. The lowest BCUT2D eigenvalue weighted by atomic mass is 10.3. The fraction of sp³-hybridized carbons (Fsp3) is 0.333. The maximum atomic E-state index is 12.7. The Kier molecular flexibility index (Phi) is 6.72. The van der Waals surface area contributed by atoms with E-state index in [0.29, 0.717) is 29.8 Å². The zero-order valence-electron chi connectivity index (χ0n) is 17.9. The van der Waals surface area contributed by atoms with Crippen LogP contribution in [0.4, 0.5) is 23.5 Å². The first kappa shape index (κ1) is 21.8. The van der Waals surface area contributed by atoms with E-state index in [0.717, 1.165) is 26.2 Å². The fourth-order valence-corrected chi connectivity index (χ4v) is 3.34. The predicted molar refractivity (Wildman–Crippen MR) is 124 cm³/mol. The van der Waals surface area contributed by atoms with Crippen LogP contribution in [0.1, 0.15) is 23.2 Å². The van der Waals surface area contributed by atoms with Crippen molar-refractivity contribution in [2.24, 2.45) is 0 Å². The zero-order chi connectivity index (χ0) is 22.5. The molecule has 0 radical (unpaired) electrons. The van der Waals surface area contributed by atoms with Crippen LogP contribution < -0.4 is 15.5 Å². The normalized spacial score (nSPS) is 14.3. The van der Waals surface area contributed by atoms with Crippen LogP contribution in [0.25, 0.3) is 0 Å². The summed E-state index contributed by atoms with van der Waals surface area (Å²) in [6, 6.07) is 9.08. The number of rotatable bonds is 6. The molecule has 1 fully saturated rings. The van der Waals surface area contributed by atoms with Crippen molar-refractivity contribution in [2.45, 2.75) is 13.3 Å². The molecule has 32 heavy (non-hydrogen) atoms. The highest BCUT2D eigenvalue weighted by Crippen LogP contribution is 2.19. The number of aryl methyl sites for hydroxylation is 1. The summed E-state index contributed by atoms with van der Waals surface area (Å²) in [6.07, 6.45) is 2.03. The van der Waals surface area contributed by atoms with Gasteiger partial charge in [0, 0.05) is 38.3 Å². The standard InChI is InChI=1S/C21H24ClN9O/c1-3-16-25-20(29-21(26-16)31-11-9-30(2)10-12-31)28-19-23-13-15(22)17(27-19)18(32)24-14-7-5-4-6-8-14/h4-8,13H,3,9-12H2,1-2H3,(H,24,32)(H,23,25,26,27,28,29). The minimum absolute atomic E-state index is 0.0529. The van der Waals surface area contributed by atoms with Gasteiger partial charge in [-0.05, 0) is 19.2 Å². The van der Waals surface area contributed by atoms with Gasteiger partial charge in [-0.1, -0.05) is 36.7 Å². The molecule has 3 heterocycles. The van der Waals surface area contributed by atoms with Crippen molar-refractivity contribution < 1.29 is 4.79 Å². The number of hydrogen-bond donors (Lipinski definition) is 2. The summed E-state index contributed by atoms with van der Waals surface area (Å²) in [5, 5.41) is 5.91. The van der Waals surface area contributed by atoms with Crippen LogP contribution in [0.2, 0.25) is 5.02 Å². The molecule has 3 aromatic rings. The number of hydrogen-bond acceptors (Lipinski definition) is 9. The number of aromatic nitrogens is 5. The van der Waals surface area contributed by atoms with Crippen molar-refractivity contribution in [1.29, 1.82) is 0 Å². The molecule has 0 unspecified atom stereocenters. The summed E-state index contributed by atoms with van der Waals surface area (Å²) in [7, 11) is 2.10. The number of piperazine rings is 1. The monoisotopic (exact) mass is 453 g/mol. The summed E-state index contributed by atoms with van der Waals surface area (Å²) in [5.74, 6) is 1.33. The highest BCUT2D eigenvalue weighted by molar-refractivity contribution is 6.34. The van der Waals surface area contributed by atoms with Gasteiger partial charge in [0.1, 0.15) is 5.82 Å². The van der Waals surface area contributed by atoms with E-state index in [1.807, 2.05) is 25.1 Å². The Hall–Kier alpha value is -3.37. The third kappa shape index (κ3) is 5.27. The minimum Gasteiger partial charge on any atom is -0.338 e. The van der Waals surface area contributed by atoms with Gasteiger partial charge in [0.15, 0.2) is 5.69 Å². The Labute approximate surface area is 191 Å². The lowest BCUT2D eigenvalue weighted by molar-refractivity contribution is 0.102. The largest absolute Gasteiger partial charge is 0.338 e. The van der Waals surface area contributed by atoms with E-state index in [1.54, 1.807) is 12.1 Å². The highest BCUT2D eigenvalue weighted by Gasteiger charge is 2.19. The molecule has 0 spiro atoms. The predicted octanol–water partition coefficient (Wildman–Crippen LogP) is 2.63. The van der Waals surface area contributed by atoms with Crippen molar-refractivity contribution in [2.75, 3.05) is 48.8 Å². The van der Waals surface area contributed by atoms with E-state index in [4.69, 9.17) is 11.6 Å². The molecule has 2 N–H and O–H groups in total. The van der Waals surface area contributed by atoms with Crippen LogP contribution in [0.15, 0.2) is 36.5 Å². The first-order chi connectivity index (χ1) is 15.5. The van der Waals surface area contributed by atoms with Crippen molar-refractivity contribution in [3.8, 4) is 0 Å². The number of likely N-dealkylation sites (N-methyl/N-ethyl adjacent to an activating group) is 1. The molecular weight excluding hydrogens is 430 g/mol. The average molecular weight is 454 g/mol. The zero-order valence-corrected chi connectivity index (χ0v) is 18.7. The minimum atomic E-state index is -0.435. The van der Waals surface area contributed by atoms with Gasteiger partial charge in [0.2, 0.25) is 17.8 Å². The van der Waals surface area contributed by atoms with Gasteiger partial charge >= 0.3 is 0 Å². The molecule has 1 saturated heterocycles. The summed E-state index contributed by atoms with van der Waals surface area (Å²) in [5.41, 5.74) is 0.695. The lowest BCUT2D eigenvalue weighted by Gasteiger charge is -2.32. The molecule has 1 aliphatic rings. The average Bonchev–Trinajstić information content (AvgIpc) is 2.81. The van der Waals surface area contributed by atoms with E-state index < -0.39 is 5.91 Å². The maximum Gasteiger partial charge on any atom is 0.276 e. The number of anilines is 4. The molecule has 0 saturated carbocycles. The highest BCUT2D eigenvalue weighted by atomic mass is 35.5. The van der Waals surface area contributed by atoms with Crippen LogP contribution in [-0.4, -0.2) is 69.0 Å². The van der Waals surface area contributed by atoms with Crippen LogP contribution in [0.5, 0.6) is 0 Å². The summed E-state index contributed by atoms with van der Waals surface area (Å²) >= 11 is 6.18. The number of carbonyl (C=O) groups is 1. The van der Waals surface area contributed by atoms with Gasteiger partial charge in [-0.25, -0.2) is 9.97 Å². The topological polar surface area (TPSA) is 112 Å². The molecule has 4 rings (SSSR count). The molecule has 1 aliphatic heterocycles. The molecule has 10 nitrogen and oxygen atoms in total. The first-order valence-electron chi connectivity index (χ1n) is 10.4. The Morgan fingerprint density at radius 2 is 1.78 bits per heavy atom. The molecular formula is C21H24ClN9O. The number of benzene rings is 1. The van der Waals surface area contributed by atoms with Gasteiger partial charge in [0.25, 0.3) is 5.91 Å². The molecule has 0 bridgehead atoms. The van der Waals surface area contributed by atoms with Crippen LogP contribution in [0, 0.1) is 0 Å². The van der Waals surface area contributed by atoms with Crippen molar-refractivity contribution in [1.82, 2.24) is 29.8 Å². The number of amides is 1. The molecule has 1 aromatic carbocycles. The van der Waals surface area contributed by atoms with Crippen molar-refractivity contribution in [3.05, 3.63) is 53.1 Å². The fourth-order valence-electron chi connectivity index (χ4n) is 3.17. The van der Waals surface area contributed by atoms with Gasteiger partial charge in [-0.15, -0.1) is 0 Å². The Morgan fingerprint density at radius 3 is 2.50 bits per heavy atom. The summed E-state index contributed by atoms with van der Waals surface area (Å²) < 4.78 is 0. The van der Waals surface area contributed by atoms with Crippen molar-refractivity contribution in [3.63, 3.8) is 0 Å². The summed E-state index contributed by atoms with van der Waals surface area (Å²) in [4.78, 5) is 39.1. The first-order valence-corrected chi connectivity index (χ1v) is 10.7. The van der Waals surface area contributed by atoms with Gasteiger partial charge in [-0.2, -0.15) is 15.0 Å². The SMILES string of the molecule is CCc1nc(Nc2ncc(Cl)c(C(=O)Nc3ccccc3)n2)nc(N2CCN(C)CC2)n1. The molecule has 0 atom stereocenters. The van der Waals surface area contributed by atoms with E-state index in [-0.39, 0.29) is 16.7 Å². The van der Waals surface area contributed by atoms with Crippen molar-refractivity contribution >= 4 is 41.0 Å². The van der Waals surface area contributed by atoms with E-state index in [1.165, 1.54) is 6.20 Å². The third-order valence-electron chi connectivity index (χ3n) is 4.99. The van der Waals surface area contributed by atoms with E-state index in [9.17, 15) is 4.79 Å². The molecule has 0 aliphatic carbocycles. The quantitative estimate of drug-likeness (QED) is 0.581. The number of nitrogens with zero attached hydrogens (tertiary/aromatic N) is 7. The van der Waals surface area contributed by atoms with Gasteiger partial charge < -0.3 is 15.1 Å². The van der Waals surface area contributed by atoms with Crippen LogP contribution >= 0.6 is 11.6 Å². The Bertz CT molecular complexity index is 1090. The van der Waals surface area contributed by atoms with E-state index >= 15 is 0 Å². The molecule has 166 valence electrons. The second kappa shape index (κ2) is 9.84. The second-order valence-corrected chi connectivity index (χ2v) is 7.76. The maximum absolute atomic E-state index is 12.7.